The van der Waals surface area contributed by atoms with Gasteiger partial charge in [-0.1, -0.05) is 50.4 Å². The molecule has 0 aliphatic carbocycles. The molecule has 7 nitrogen and oxygen atoms in total. The first-order valence-corrected chi connectivity index (χ1v) is 14.3. The molecule has 1 N–H and O–H groups in total. The number of methoxy groups -OCH3 is 2. The summed E-state index contributed by atoms with van der Waals surface area (Å²) in [5.41, 5.74) is 2.69. The van der Waals surface area contributed by atoms with Crippen molar-refractivity contribution in [3.05, 3.63) is 77.7 Å². The van der Waals surface area contributed by atoms with Gasteiger partial charge in [0.1, 0.15) is 11.2 Å². The molecule has 2 atom stereocenters. The number of ether oxygens (including phenoxy) is 3. The first kappa shape index (κ1) is 31.9. The summed E-state index contributed by atoms with van der Waals surface area (Å²) < 4.78 is 16.3. The fraction of sp³-hybridized carbons (Fsp3) is 0.333. The van der Waals surface area contributed by atoms with Crippen molar-refractivity contribution in [3.63, 3.8) is 0 Å². The Morgan fingerprint density at radius 3 is 2.38 bits per heavy atom. The maximum atomic E-state index is 11.5. The Bertz CT molecular complexity index is 1190. The van der Waals surface area contributed by atoms with Gasteiger partial charge >= 0.3 is 0 Å². The van der Waals surface area contributed by atoms with Gasteiger partial charge < -0.3 is 19.1 Å². The van der Waals surface area contributed by atoms with E-state index in [2.05, 4.69) is 37.3 Å². The highest BCUT2D eigenvalue weighted by Gasteiger charge is 2.28. The van der Waals surface area contributed by atoms with E-state index in [-0.39, 0.29) is 5.50 Å². The molecule has 1 heterocycles. The number of anilines is 1. The lowest BCUT2D eigenvalue weighted by atomic mass is 10.1. The van der Waals surface area contributed by atoms with Crippen molar-refractivity contribution in [3.8, 4) is 23.3 Å². The number of hydrogen-bond acceptors (Lipinski definition) is 9. The number of carbonyl (C=O) groups excluding carboxylic acids is 1. The van der Waals surface area contributed by atoms with Crippen molar-refractivity contribution < 1.29 is 19.0 Å². The topological polar surface area (TPSA) is 83.8 Å². The van der Waals surface area contributed by atoms with E-state index in [9.17, 15) is 4.79 Å². The number of aldehydes is 1. The van der Waals surface area contributed by atoms with Crippen LogP contribution in [0.5, 0.6) is 17.2 Å². The Morgan fingerprint density at radius 1 is 1.21 bits per heavy atom. The van der Waals surface area contributed by atoms with E-state index in [0.717, 1.165) is 41.3 Å². The average molecular weight is 568 g/mol. The van der Waals surface area contributed by atoms with E-state index in [1.807, 2.05) is 25.2 Å². The molecular weight excluding hydrogens is 530 g/mol. The number of fused-ring (bicyclic) bond motifs is 1. The molecule has 3 rings (SSSR count). The Balaban J connectivity index is 0.000000290. The molecule has 0 bridgehead atoms. The molecule has 1 aliphatic rings. The third kappa shape index (κ3) is 8.59. The fourth-order valence-corrected chi connectivity index (χ4v) is 5.93. The van der Waals surface area contributed by atoms with E-state index >= 15 is 0 Å². The highest BCUT2D eigenvalue weighted by molar-refractivity contribution is 8.03. The van der Waals surface area contributed by atoms with Crippen LogP contribution in [0.15, 0.2) is 77.1 Å². The van der Waals surface area contributed by atoms with Gasteiger partial charge in [0.05, 0.1) is 31.5 Å². The third-order valence-electron chi connectivity index (χ3n) is 5.80. The summed E-state index contributed by atoms with van der Waals surface area (Å²) in [6.07, 6.45) is 5.57. The summed E-state index contributed by atoms with van der Waals surface area (Å²) in [7, 11) is 7.32. The first-order valence-electron chi connectivity index (χ1n) is 12.5. The second-order valence-electron chi connectivity index (χ2n) is 8.29. The van der Waals surface area contributed by atoms with Crippen LogP contribution in [0, 0.1) is 11.3 Å². The summed E-state index contributed by atoms with van der Waals surface area (Å²) in [4.78, 5) is 15.8. The number of unbranched alkanes of at least 4 members (excludes halogenated alkanes) is 1. The van der Waals surface area contributed by atoms with E-state index in [1.54, 1.807) is 74.2 Å². The minimum Gasteiger partial charge on any atom is -0.493 e. The second-order valence-corrected chi connectivity index (χ2v) is 10.5. The normalized spacial score (nSPS) is 15.0. The molecule has 0 spiro atoms. The van der Waals surface area contributed by atoms with Crippen molar-refractivity contribution in [1.29, 1.82) is 5.26 Å². The third-order valence-corrected chi connectivity index (χ3v) is 8.37. The number of nitrogens with zero attached hydrogens (tertiary/aromatic N) is 2. The number of benzene rings is 2. The zero-order valence-corrected chi connectivity index (χ0v) is 24.9. The lowest BCUT2D eigenvalue weighted by Gasteiger charge is -2.20. The molecule has 0 radical (unpaired) electrons. The van der Waals surface area contributed by atoms with Gasteiger partial charge in [0.25, 0.3) is 0 Å². The molecule has 0 fully saturated rings. The van der Waals surface area contributed by atoms with Crippen LogP contribution >= 0.6 is 23.5 Å². The number of nitrogens with one attached hydrogen (secondary N) is 1. The summed E-state index contributed by atoms with van der Waals surface area (Å²) in [5.74, 6) is 3.03. The molecule has 0 amide bonds. The van der Waals surface area contributed by atoms with E-state index in [1.165, 1.54) is 10.6 Å². The van der Waals surface area contributed by atoms with E-state index in [4.69, 9.17) is 19.5 Å². The van der Waals surface area contributed by atoms with Gasteiger partial charge in [0.15, 0.2) is 23.9 Å². The van der Waals surface area contributed by atoms with Gasteiger partial charge in [-0.15, -0.1) is 11.8 Å². The standard InChI is InChI=1S/C19H21NO2S.C11H16N2O2S/c1-4-7-12-23-19(6-3)17(5-2)18(14-21)22-16-10-8-15(13-20)9-11-16;1-12-11-13(2)7-5-8(14-3)9(15-4)6-10(7)16-11/h5-6,8-11,14,18H,2-4,7,12H2,1H3;5-6,11-12H,1-4H3/b19-17-;. The monoisotopic (exact) mass is 567 g/mol. The Hall–Kier alpha value is -3.32. The maximum Gasteiger partial charge on any atom is 0.180 e. The predicted molar refractivity (Wildman–Crippen MR) is 163 cm³/mol. The molecule has 208 valence electrons. The number of allylic oxidation sites excluding steroid dienone is 1. The zero-order valence-electron chi connectivity index (χ0n) is 23.2. The predicted octanol–water partition coefficient (Wildman–Crippen LogP) is 6.41. The van der Waals surface area contributed by atoms with E-state index < -0.39 is 6.10 Å². The molecule has 39 heavy (non-hydrogen) atoms. The molecule has 0 saturated carbocycles. The fourth-order valence-electron chi connectivity index (χ4n) is 3.66. The number of rotatable bonds is 13. The van der Waals surface area contributed by atoms with Crippen molar-refractivity contribution in [2.24, 2.45) is 0 Å². The molecule has 2 unspecified atom stereocenters. The number of carbonyl (C=O) groups is 1. The molecule has 0 aromatic heterocycles. The van der Waals surface area contributed by atoms with Crippen molar-refractivity contribution in [1.82, 2.24) is 5.32 Å². The van der Waals surface area contributed by atoms with Crippen molar-refractivity contribution in [2.75, 3.05) is 39.0 Å². The van der Waals surface area contributed by atoms with Gasteiger partial charge in [-0.3, -0.25) is 10.1 Å². The van der Waals surface area contributed by atoms with Crippen LogP contribution in [0.3, 0.4) is 0 Å². The lowest BCUT2D eigenvalue weighted by Crippen LogP contribution is -2.35. The average Bonchev–Trinajstić information content (AvgIpc) is 3.29. The summed E-state index contributed by atoms with van der Waals surface area (Å²) in [6, 6.07) is 12.7. The lowest BCUT2D eigenvalue weighted by molar-refractivity contribution is -0.112. The van der Waals surface area contributed by atoms with Crippen molar-refractivity contribution in [2.45, 2.75) is 36.3 Å². The second kappa shape index (κ2) is 16.6. The highest BCUT2D eigenvalue weighted by Crippen LogP contribution is 2.46. The Morgan fingerprint density at radius 2 is 1.87 bits per heavy atom. The van der Waals surface area contributed by atoms with E-state index in [0.29, 0.717) is 16.9 Å². The maximum absolute atomic E-state index is 11.5. The SMILES string of the molecule is C=C/C(SCCCC)=C(\C=C)C(C=O)Oc1ccc(C#N)cc1.CNC1Sc2cc(OC)c(OC)cc2N1C. The van der Waals surface area contributed by atoms with Crippen LogP contribution in [0.4, 0.5) is 5.69 Å². The minimum absolute atomic E-state index is 0.270. The van der Waals surface area contributed by atoms with Gasteiger partial charge in [-0.05, 0) is 49.6 Å². The molecule has 2 aromatic rings. The molecule has 1 aliphatic heterocycles. The summed E-state index contributed by atoms with van der Waals surface area (Å²) in [5, 5.41) is 12.1. The smallest absolute Gasteiger partial charge is 0.180 e. The van der Waals surface area contributed by atoms with Crippen LogP contribution in [0.2, 0.25) is 0 Å². The van der Waals surface area contributed by atoms with Gasteiger partial charge in [0.2, 0.25) is 0 Å². The van der Waals surface area contributed by atoms with Crippen LogP contribution in [0.25, 0.3) is 0 Å². The summed E-state index contributed by atoms with van der Waals surface area (Å²) >= 11 is 3.42. The van der Waals surface area contributed by atoms with Crippen LogP contribution in [0.1, 0.15) is 25.3 Å². The number of thioether (sulfide) groups is 2. The highest BCUT2D eigenvalue weighted by atomic mass is 32.2. The van der Waals surface area contributed by atoms with Gasteiger partial charge in [-0.25, -0.2) is 0 Å². The Labute approximate surface area is 240 Å². The molecule has 9 heteroatoms. The first-order chi connectivity index (χ1) is 18.9. The van der Waals surface area contributed by atoms with Crippen LogP contribution in [-0.2, 0) is 4.79 Å². The molecule has 2 aromatic carbocycles. The summed E-state index contributed by atoms with van der Waals surface area (Å²) in [6.45, 7) is 9.75. The number of hydrogen-bond donors (Lipinski definition) is 1. The largest absolute Gasteiger partial charge is 0.493 e. The zero-order chi connectivity index (χ0) is 28.8. The van der Waals surface area contributed by atoms with Crippen molar-refractivity contribution >= 4 is 35.5 Å². The Kier molecular flexibility index (Phi) is 13.6. The number of nitriles is 1. The molecular formula is C30H37N3O4S2. The van der Waals surface area contributed by atoms with Crippen LogP contribution < -0.4 is 24.4 Å². The van der Waals surface area contributed by atoms with Gasteiger partial charge in [-0.2, -0.15) is 5.26 Å². The quantitative estimate of drug-likeness (QED) is 0.168. The molecule has 0 saturated heterocycles. The van der Waals surface area contributed by atoms with Gasteiger partial charge in [0, 0.05) is 28.5 Å². The van der Waals surface area contributed by atoms with Crippen LogP contribution in [-0.4, -0.2) is 52.0 Å². The minimum atomic E-state index is -0.748.